The molecule has 0 amide bonds. The molecule has 0 saturated heterocycles. The van der Waals surface area contributed by atoms with E-state index in [2.05, 4.69) is 26.3 Å². The molecule has 0 atom stereocenters. The summed E-state index contributed by atoms with van der Waals surface area (Å²) < 4.78 is 21.8. The van der Waals surface area contributed by atoms with Crippen molar-refractivity contribution in [2.75, 3.05) is 0 Å². The Balaban J connectivity index is 4.73. The van der Waals surface area contributed by atoms with Gasteiger partial charge in [0.1, 0.15) is 0 Å². The summed E-state index contributed by atoms with van der Waals surface area (Å²) in [4.78, 5) is 0. The van der Waals surface area contributed by atoms with Gasteiger partial charge in [-0.15, -0.1) is 0 Å². The molecule has 0 aromatic rings. The van der Waals surface area contributed by atoms with Crippen LogP contribution in [-0.2, 0) is 14.0 Å². The quantitative estimate of drug-likeness (QED) is 0.341. The average Bonchev–Trinajstić information content (AvgIpc) is 2.44. The molecule has 20 heavy (non-hydrogen) atoms. The molecule has 0 aromatic heterocycles. The standard InChI is InChI=1S/C16H18BO3/c1-5-9-11-14-15(8-4)19-17(18)20-16(12-7-3)13-10-6-2/h5-14H,1-4H2/q-1/b11-9-,13-10-,15-14+,16-12+. The van der Waals surface area contributed by atoms with E-state index in [1.165, 1.54) is 12.2 Å². The minimum atomic E-state index is -1.71. The van der Waals surface area contributed by atoms with Crippen LogP contribution in [0.1, 0.15) is 0 Å². The van der Waals surface area contributed by atoms with Crippen LogP contribution < -0.4 is 0 Å². The molecule has 0 saturated carbocycles. The molecule has 0 aliphatic rings. The van der Waals surface area contributed by atoms with E-state index >= 15 is 0 Å². The van der Waals surface area contributed by atoms with Crippen LogP contribution in [0.15, 0.2) is 98.6 Å². The van der Waals surface area contributed by atoms with Gasteiger partial charge in [-0.05, 0) is 24.3 Å². The first-order chi connectivity index (χ1) is 9.67. The van der Waals surface area contributed by atoms with Crippen molar-refractivity contribution in [1.82, 2.24) is 0 Å². The Morgan fingerprint density at radius 2 is 1.45 bits per heavy atom. The van der Waals surface area contributed by atoms with Crippen LogP contribution in [0, 0.1) is 0 Å². The second-order valence-electron chi connectivity index (χ2n) is 3.32. The lowest BCUT2D eigenvalue weighted by molar-refractivity contribution is 0.261. The third-order valence-corrected chi connectivity index (χ3v) is 1.85. The highest BCUT2D eigenvalue weighted by atomic mass is 16.6. The lowest BCUT2D eigenvalue weighted by atomic mass is 10.2. The molecule has 0 aliphatic heterocycles. The molecule has 0 fully saturated rings. The highest BCUT2D eigenvalue weighted by molar-refractivity contribution is 6.27. The van der Waals surface area contributed by atoms with E-state index in [1.54, 1.807) is 48.6 Å². The largest absolute Gasteiger partial charge is 0.659 e. The van der Waals surface area contributed by atoms with Crippen LogP contribution >= 0.6 is 0 Å². The lowest BCUT2D eigenvalue weighted by Gasteiger charge is -2.19. The average molecular weight is 269 g/mol. The molecule has 104 valence electrons. The molecule has 0 bridgehead atoms. The molecule has 0 unspecified atom stereocenters. The third kappa shape index (κ3) is 8.47. The van der Waals surface area contributed by atoms with Crippen LogP contribution in [0.2, 0.25) is 0 Å². The molecular weight excluding hydrogens is 251 g/mol. The van der Waals surface area contributed by atoms with Gasteiger partial charge in [-0.25, -0.2) is 0 Å². The van der Waals surface area contributed by atoms with Crippen molar-refractivity contribution in [3.63, 3.8) is 0 Å². The zero-order valence-corrected chi connectivity index (χ0v) is 11.4. The molecule has 0 radical (unpaired) electrons. The molecule has 0 N–H and O–H groups in total. The fraction of sp³-hybridized carbons (Fsp3) is 0. The van der Waals surface area contributed by atoms with E-state index in [1.807, 2.05) is 0 Å². The first-order valence-electron chi connectivity index (χ1n) is 5.90. The number of hydrogen-bond acceptors (Lipinski definition) is 3. The van der Waals surface area contributed by atoms with Crippen LogP contribution in [0.3, 0.4) is 0 Å². The summed E-state index contributed by atoms with van der Waals surface area (Å²) in [6.07, 6.45) is 15.8. The second kappa shape index (κ2) is 11.5. The van der Waals surface area contributed by atoms with Crippen LogP contribution in [0.5, 0.6) is 0 Å². The van der Waals surface area contributed by atoms with Gasteiger partial charge in [0.25, 0.3) is 0 Å². The second-order valence-corrected chi connectivity index (χ2v) is 3.32. The maximum absolute atomic E-state index is 11.7. The maximum atomic E-state index is 11.7. The summed E-state index contributed by atoms with van der Waals surface area (Å²) in [6, 6.07) is 0. The normalized spacial score (nSPS) is 12.2. The van der Waals surface area contributed by atoms with E-state index in [0.29, 0.717) is 11.5 Å². The van der Waals surface area contributed by atoms with E-state index < -0.39 is 6.99 Å². The van der Waals surface area contributed by atoms with E-state index in [4.69, 9.17) is 9.31 Å². The van der Waals surface area contributed by atoms with Gasteiger partial charge >= 0.3 is 6.99 Å². The van der Waals surface area contributed by atoms with Crippen molar-refractivity contribution < 1.29 is 14.0 Å². The Morgan fingerprint density at radius 3 is 2.00 bits per heavy atom. The summed E-state index contributed by atoms with van der Waals surface area (Å²) in [7, 11) is 0. The Hall–Kier alpha value is -2.62. The van der Waals surface area contributed by atoms with Gasteiger partial charge in [0.2, 0.25) is 0 Å². The van der Waals surface area contributed by atoms with Crippen LogP contribution in [0.4, 0.5) is 0 Å². The summed E-state index contributed by atoms with van der Waals surface area (Å²) in [6.45, 7) is 12.4. The van der Waals surface area contributed by atoms with Gasteiger partial charge in [0.15, 0.2) is 0 Å². The Morgan fingerprint density at radius 1 is 0.800 bits per heavy atom. The van der Waals surface area contributed by atoms with Crippen molar-refractivity contribution in [1.29, 1.82) is 0 Å². The van der Waals surface area contributed by atoms with Crippen LogP contribution in [-0.4, -0.2) is 6.99 Å². The van der Waals surface area contributed by atoms with Gasteiger partial charge in [0, 0.05) is 0 Å². The third-order valence-electron chi connectivity index (χ3n) is 1.85. The molecule has 4 heteroatoms. The Kier molecular flexibility index (Phi) is 9.97. The van der Waals surface area contributed by atoms with Gasteiger partial charge in [-0.3, -0.25) is 0 Å². The monoisotopic (exact) mass is 269 g/mol. The number of rotatable bonds is 10. The summed E-state index contributed by atoms with van der Waals surface area (Å²) in [5, 5.41) is 0. The fourth-order valence-electron chi connectivity index (χ4n) is 1.04. The number of allylic oxidation sites excluding steroid dienone is 10. The minimum absolute atomic E-state index is 0.300. The molecule has 0 heterocycles. The zero-order valence-electron chi connectivity index (χ0n) is 11.4. The van der Waals surface area contributed by atoms with Crippen molar-refractivity contribution in [3.8, 4) is 0 Å². The zero-order chi connectivity index (χ0) is 15.2. The highest BCUT2D eigenvalue weighted by Crippen LogP contribution is 2.05. The van der Waals surface area contributed by atoms with E-state index in [-0.39, 0.29) is 0 Å². The first-order valence-corrected chi connectivity index (χ1v) is 5.90. The van der Waals surface area contributed by atoms with Gasteiger partial charge in [-0.1, -0.05) is 62.8 Å². The predicted octanol–water partition coefficient (Wildman–Crippen LogP) is 4.06. The molecular formula is C16H18BO3-. The van der Waals surface area contributed by atoms with Gasteiger partial charge in [0.05, 0.1) is 11.5 Å². The van der Waals surface area contributed by atoms with E-state index in [9.17, 15) is 4.70 Å². The summed E-state index contributed by atoms with van der Waals surface area (Å²) in [5.74, 6) is 0.624. The smallest absolute Gasteiger partial charge is 0.523 e. The van der Waals surface area contributed by atoms with Gasteiger partial charge in [-0.2, -0.15) is 0 Å². The highest BCUT2D eigenvalue weighted by Gasteiger charge is 1.98. The van der Waals surface area contributed by atoms with Gasteiger partial charge < -0.3 is 14.0 Å². The first kappa shape index (κ1) is 17.4. The molecule has 0 spiro atoms. The summed E-state index contributed by atoms with van der Waals surface area (Å²) >= 11 is 0. The Bertz CT molecular complexity index is 494. The lowest BCUT2D eigenvalue weighted by Crippen LogP contribution is -2.10. The fourth-order valence-corrected chi connectivity index (χ4v) is 1.04. The SMILES string of the molecule is C=C/C=C\C=C(/C=C)O[B-](=O)OC(/C=C\C=C)=C/C=C. The van der Waals surface area contributed by atoms with Crippen molar-refractivity contribution in [2.24, 2.45) is 0 Å². The summed E-state index contributed by atoms with van der Waals surface area (Å²) in [5.41, 5.74) is 0. The van der Waals surface area contributed by atoms with Crippen LogP contribution in [0.25, 0.3) is 0 Å². The molecule has 0 aromatic carbocycles. The van der Waals surface area contributed by atoms with Crippen molar-refractivity contribution in [2.45, 2.75) is 0 Å². The molecule has 0 rings (SSSR count). The topological polar surface area (TPSA) is 35.5 Å². The predicted molar refractivity (Wildman–Crippen MR) is 83.8 cm³/mol. The van der Waals surface area contributed by atoms with Crippen molar-refractivity contribution >= 4 is 6.99 Å². The Labute approximate surface area is 120 Å². The van der Waals surface area contributed by atoms with Crippen molar-refractivity contribution in [3.05, 3.63) is 98.6 Å². The maximum Gasteiger partial charge on any atom is 0.523 e. The minimum Gasteiger partial charge on any atom is -0.659 e. The number of hydrogen-bond donors (Lipinski definition) is 0. The van der Waals surface area contributed by atoms with E-state index in [0.717, 1.165) is 0 Å². The molecule has 3 nitrogen and oxygen atoms in total. The molecule has 0 aliphatic carbocycles.